The van der Waals surface area contributed by atoms with Gasteiger partial charge in [0, 0.05) is 24.2 Å². The number of aromatic nitrogens is 2. The largest absolute Gasteiger partial charge is 0.370 e. The summed E-state index contributed by atoms with van der Waals surface area (Å²) in [5, 5.41) is 3.37. The van der Waals surface area contributed by atoms with Gasteiger partial charge in [0.2, 0.25) is 0 Å². The summed E-state index contributed by atoms with van der Waals surface area (Å²) in [6.07, 6.45) is 6.26. The monoisotopic (exact) mass is 247 g/mol. The van der Waals surface area contributed by atoms with Crippen LogP contribution < -0.4 is 5.32 Å². The van der Waals surface area contributed by atoms with Gasteiger partial charge in [-0.25, -0.2) is 9.97 Å². The molecule has 0 unspecified atom stereocenters. The molecule has 0 bridgehead atoms. The quantitative estimate of drug-likeness (QED) is 0.876. The van der Waals surface area contributed by atoms with Gasteiger partial charge in [0.15, 0.2) is 0 Å². The minimum absolute atomic E-state index is 0.572. The first-order chi connectivity index (χ1) is 8.69. The van der Waals surface area contributed by atoms with Crippen molar-refractivity contribution in [1.82, 2.24) is 9.97 Å². The number of rotatable bonds is 4. The van der Waals surface area contributed by atoms with E-state index in [0.29, 0.717) is 5.92 Å². The van der Waals surface area contributed by atoms with Crippen molar-refractivity contribution in [2.45, 2.75) is 58.8 Å². The zero-order chi connectivity index (χ0) is 13.0. The van der Waals surface area contributed by atoms with Crippen molar-refractivity contribution in [2.24, 2.45) is 5.92 Å². The third kappa shape index (κ3) is 3.44. The third-order valence-corrected chi connectivity index (χ3v) is 3.81. The minimum Gasteiger partial charge on any atom is -0.370 e. The molecule has 0 radical (unpaired) electrons. The second-order valence-corrected chi connectivity index (χ2v) is 5.64. The Hall–Kier alpha value is -1.12. The highest BCUT2D eigenvalue weighted by molar-refractivity contribution is 5.36. The van der Waals surface area contributed by atoms with E-state index in [1.165, 1.54) is 25.7 Å². The van der Waals surface area contributed by atoms with E-state index in [2.05, 4.69) is 31.1 Å². The molecule has 1 fully saturated rings. The van der Waals surface area contributed by atoms with Gasteiger partial charge >= 0.3 is 0 Å². The zero-order valence-corrected chi connectivity index (χ0v) is 11.9. The minimum atomic E-state index is 0.572. The van der Waals surface area contributed by atoms with Gasteiger partial charge in [0.1, 0.15) is 11.6 Å². The lowest BCUT2D eigenvalue weighted by atomic mass is 9.82. The molecule has 3 heteroatoms. The average molecular weight is 247 g/mol. The Morgan fingerprint density at radius 3 is 2.61 bits per heavy atom. The molecule has 1 saturated carbocycles. The van der Waals surface area contributed by atoms with Crippen LogP contribution in [-0.2, 0) is 0 Å². The van der Waals surface area contributed by atoms with Gasteiger partial charge in [0.05, 0.1) is 0 Å². The summed E-state index contributed by atoms with van der Waals surface area (Å²) in [6.45, 7) is 7.57. The van der Waals surface area contributed by atoms with Gasteiger partial charge in [-0.3, -0.25) is 0 Å². The third-order valence-electron chi connectivity index (χ3n) is 3.81. The van der Waals surface area contributed by atoms with E-state index in [4.69, 9.17) is 4.98 Å². The van der Waals surface area contributed by atoms with Crippen molar-refractivity contribution in [2.75, 3.05) is 11.9 Å². The van der Waals surface area contributed by atoms with Crippen LogP contribution in [0.5, 0.6) is 0 Å². The molecule has 3 nitrogen and oxygen atoms in total. The average Bonchev–Trinajstić information content (AvgIpc) is 2.36. The molecule has 0 amide bonds. The molecule has 0 spiro atoms. The molecule has 18 heavy (non-hydrogen) atoms. The standard InChI is InChI=1S/C15H25N3/c1-4-9-16-14-10-12(3)17-15(18-14)13-7-5-11(2)6-8-13/h10-11,13H,4-9H2,1-3H3,(H,16,17,18). The molecular weight excluding hydrogens is 222 g/mol. The van der Waals surface area contributed by atoms with Crippen molar-refractivity contribution >= 4 is 5.82 Å². The van der Waals surface area contributed by atoms with Crippen LogP contribution in [0.25, 0.3) is 0 Å². The molecule has 2 rings (SSSR count). The molecule has 0 saturated heterocycles. The maximum absolute atomic E-state index is 4.70. The number of nitrogens with one attached hydrogen (secondary N) is 1. The Morgan fingerprint density at radius 2 is 1.94 bits per heavy atom. The maximum atomic E-state index is 4.70. The van der Waals surface area contributed by atoms with Crippen LogP contribution in [0, 0.1) is 12.8 Å². The summed E-state index contributed by atoms with van der Waals surface area (Å²) in [6, 6.07) is 2.05. The van der Waals surface area contributed by atoms with Crippen LogP contribution in [0.1, 0.15) is 63.4 Å². The van der Waals surface area contributed by atoms with Crippen molar-refractivity contribution < 1.29 is 0 Å². The highest BCUT2D eigenvalue weighted by Crippen LogP contribution is 2.34. The molecule has 1 aromatic heterocycles. The van der Waals surface area contributed by atoms with Crippen LogP contribution in [-0.4, -0.2) is 16.5 Å². The number of anilines is 1. The first-order valence-electron chi connectivity index (χ1n) is 7.28. The van der Waals surface area contributed by atoms with E-state index in [-0.39, 0.29) is 0 Å². The lowest BCUT2D eigenvalue weighted by Gasteiger charge is -2.25. The predicted molar refractivity (Wildman–Crippen MR) is 75.9 cm³/mol. The highest BCUT2D eigenvalue weighted by Gasteiger charge is 2.22. The van der Waals surface area contributed by atoms with Gasteiger partial charge in [-0.2, -0.15) is 0 Å². The van der Waals surface area contributed by atoms with E-state index >= 15 is 0 Å². The first-order valence-corrected chi connectivity index (χ1v) is 7.28. The maximum Gasteiger partial charge on any atom is 0.134 e. The van der Waals surface area contributed by atoms with Gasteiger partial charge in [0.25, 0.3) is 0 Å². The molecule has 1 N–H and O–H groups in total. The van der Waals surface area contributed by atoms with Crippen molar-refractivity contribution in [3.63, 3.8) is 0 Å². The Labute approximate surface area is 110 Å². The summed E-state index contributed by atoms with van der Waals surface area (Å²) in [5.41, 5.74) is 1.08. The Morgan fingerprint density at radius 1 is 1.22 bits per heavy atom. The highest BCUT2D eigenvalue weighted by atomic mass is 15.0. The van der Waals surface area contributed by atoms with Gasteiger partial charge < -0.3 is 5.32 Å². The Bertz CT molecular complexity index is 381. The summed E-state index contributed by atoms with van der Waals surface area (Å²) < 4.78 is 0. The zero-order valence-electron chi connectivity index (χ0n) is 11.9. The van der Waals surface area contributed by atoms with Crippen LogP contribution in [0.15, 0.2) is 6.07 Å². The lowest BCUT2D eigenvalue weighted by molar-refractivity contribution is 0.339. The van der Waals surface area contributed by atoms with E-state index in [1.807, 2.05) is 6.07 Å². The molecule has 1 aliphatic rings. The van der Waals surface area contributed by atoms with Gasteiger partial charge in [-0.1, -0.05) is 26.7 Å². The van der Waals surface area contributed by atoms with E-state index in [9.17, 15) is 0 Å². The summed E-state index contributed by atoms with van der Waals surface area (Å²) >= 11 is 0. The molecule has 100 valence electrons. The predicted octanol–water partition coefficient (Wildman–Crippen LogP) is 3.90. The molecule has 0 aliphatic heterocycles. The molecule has 0 atom stereocenters. The van der Waals surface area contributed by atoms with E-state index < -0.39 is 0 Å². The lowest BCUT2D eigenvalue weighted by Crippen LogP contribution is -2.15. The summed E-state index contributed by atoms with van der Waals surface area (Å²) in [4.78, 5) is 9.34. The van der Waals surface area contributed by atoms with Crippen LogP contribution >= 0.6 is 0 Å². The number of hydrogen-bond donors (Lipinski definition) is 1. The summed E-state index contributed by atoms with van der Waals surface area (Å²) in [5.74, 6) is 3.51. The first kappa shape index (κ1) is 13.3. The molecule has 0 aromatic carbocycles. The SMILES string of the molecule is CCCNc1cc(C)nc(C2CCC(C)CC2)n1. The molecule has 1 heterocycles. The smallest absolute Gasteiger partial charge is 0.134 e. The number of nitrogens with zero attached hydrogens (tertiary/aromatic N) is 2. The Kier molecular flexibility index (Phi) is 4.56. The number of hydrogen-bond acceptors (Lipinski definition) is 3. The van der Waals surface area contributed by atoms with Crippen molar-refractivity contribution in [3.05, 3.63) is 17.6 Å². The van der Waals surface area contributed by atoms with Crippen molar-refractivity contribution in [3.8, 4) is 0 Å². The second kappa shape index (κ2) is 6.17. The van der Waals surface area contributed by atoms with Gasteiger partial charge in [-0.15, -0.1) is 0 Å². The fraction of sp³-hybridized carbons (Fsp3) is 0.733. The summed E-state index contributed by atoms with van der Waals surface area (Å²) in [7, 11) is 0. The fourth-order valence-corrected chi connectivity index (χ4v) is 2.64. The van der Waals surface area contributed by atoms with Crippen LogP contribution in [0.4, 0.5) is 5.82 Å². The van der Waals surface area contributed by atoms with Gasteiger partial charge in [-0.05, 0) is 32.1 Å². The van der Waals surface area contributed by atoms with E-state index in [1.54, 1.807) is 0 Å². The van der Waals surface area contributed by atoms with E-state index in [0.717, 1.165) is 36.2 Å². The second-order valence-electron chi connectivity index (χ2n) is 5.64. The van der Waals surface area contributed by atoms with Crippen molar-refractivity contribution in [1.29, 1.82) is 0 Å². The van der Waals surface area contributed by atoms with Crippen LogP contribution in [0.3, 0.4) is 0 Å². The fourth-order valence-electron chi connectivity index (χ4n) is 2.64. The molecule has 1 aromatic rings. The molecular formula is C15H25N3. The number of aryl methyl sites for hydroxylation is 1. The molecule has 1 aliphatic carbocycles. The van der Waals surface area contributed by atoms with Crippen LogP contribution in [0.2, 0.25) is 0 Å². The normalized spacial score (nSPS) is 23.9. The topological polar surface area (TPSA) is 37.8 Å². The Balaban J connectivity index is 2.09.